The Morgan fingerprint density at radius 1 is 1.20 bits per heavy atom. The summed E-state index contributed by atoms with van der Waals surface area (Å²) in [6.45, 7) is 8.13. The van der Waals surface area contributed by atoms with Gasteiger partial charge < -0.3 is 15.0 Å². The van der Waals surface area contributed by atoms with Crippen molar-refractivity contribution in [1.82, 2.24) is 20.0 Å². The van der Waals surface area contributed by atoms with Gasteiger partial charge in [0.25, 0.3) is 0 Å². The van der Waals surface area contributed by atoms with Crippen LogP contribution in [0.15, 0.2) is 47.7 Å². The van der Waals surface area contributed by atoms with Gasteiger partial charge in [-0.15, -0.1) is 24.0 Å². The lowest BCUT2D eigenvalue weighted by atomic mass is 9.97. The number of hydrogen-bond acceptors (Lipinski definition) is 4. The Bertz CT molecular complexity index is 801. The Balaban J connectivity index is 0.00000320. The zero-order valence-electron chi connectivity index (χ0n) is 17.8. The first kappa shape index (κ1) is 24.2. The molecule has 0 saturated carbocycles. The molecule has 0 spiro atoms. The Labute approximate surface area is 195 Å². The van der Waals surface area contributed by atoms with E-state index in [4.69, 9.17) is 9.73 Å². The average molecular weight is 525 g/mol. The predicted molar refractivity (Wildman–Crippen MR) is 129 cm³/mol. The number of aliphatic imine (C=N–C) groups is 1. The molecule has 1 fully saturated rings. The van der Waals surface area contributed by atoms with Crippen molar-refractivity contribution in [3.63, 3.8) is 0 Å². The van der Waals surface area contributed by atoms with Gasteiger partial charge in [-0.05, 0) is 32.3 Å². The van der Waals surface area contributed by atoms with Crippen LogP contribution >= 0.6 is 24.0 Å². The summed E-state index contributed by atoms with van der Waals surface area (Å²) in [5.74, 6) is 0.829. The minimum atomic E-state index is -0.0695. The van der Waals surface area contributed by atoms with E-state index in [1.165, 1.54) is 5.56 Å². The lowest BCUT2D eigenvalue weighted by Crippen LogP contribution is -2.46. The quantitative estimate of drug-likeness (QED) is 0.260. The van der Waals surface area contributed by atoms with Gasteiger partial charge in [0, 0.05) is 31.4 Å². The molecule has 0 aliphatic carbocycles. The van der Waals surface area contributed by atoms with Crippen LogP contribution in [-0.4, -0.2) is 52.9 Å². The highest BCUT2D eigenvalue weighted by Gasteiger charge is 2.27. The highest BCUT2D eigenvalue weighted by Crippen LogP contribution is 2.19. The largest absolute Gasteiger partial charge is 0.466 e. The highest BCUT2D eigenvalue weighted by molar-refractivity contribution is 14.0. The second kappa shape index (κ2) is 12.6. The standard InChI is InChI=1S/C22H31N5O2.HI/c1-3-23-22(26-12-10-20(11-13-26)21(28)29-4-2)24-14-19-15-25-27(17-19)16-18-8-6-5-7-9-18;/h5-9,15,17,20H,3-4,10-14,16H2,1-2H3,(H,23,24);1H. The van der Waals surface area contributed by atoms with E-state index in [1.807, 2.05) is 42.2 Å². The van der Waals surface area contributed by atoms with Crippen molar-refractivity contribution in [1.29, 1.82) is 0 Å². The minimum absolute atomic E-state index is 0. The molecule has 30 heavy (non-hydrogen) atoms. The van der Waals surface area contributed by atoms with Crippen molar-refractivity contribution in [2.45, 2.75) is 39.8 Å². The molecular formula is C22H32IN5O2. The predicted octanol–water partition coefficient (Wildman–Crippen LogP) is 3.29. The molecule has 7 nitrogen and oxygen atoms in total. The summed E-state index contributed by atoms with van der Waals surface area (Å²) in [4.78, 5) is 19.0. The van der Waals surface area contributed by atoms with Crippen molar-refractivity contribution in [3.8, 4) is 0 Å². The fourth-order valence-corrected chi connectivity index (χ4v) is 3.52. The number of rotatable bonds is 7. The Morgan fingerprint density at radius 3 is 2.60 bits per heavy atom. The summed E-state index contributed by atoms with van der Waals surface area (Å²) in [5, 5.41) is 7.83. The molecule has 3 rings (SSSR count). The Hall–Kier alpha value is -2.10. The van der Waals surface area contributed by atoms with Crippen LogP contribution < -0.4 is 5.32 Å². The van der Waals surface area contributed by atoms with Crippen molar-refractivity contribution < 1.29 is 9.53 Å². The number of likely N-dealkylation sites (tertiary alicyclic amines) is 1. The molecule has 2 aromatic rings. The third-order valence-corrected chi connectivity index (χ3v) is 5.03. The lowest BCUT2D eigenvalue weighted by Gasteiger charge is -2.33. The molecule has 0 radical (unpaired) electrons. The minimum Gasteiger partial charge on any atom is -0.466 e. The van der Waals surface area contributed by atoms with E-state index in [9.17, 15) is 4.79 Å². The number of aromatic nitrogens is 2. The van der Waals surface area contributed by atoms with Crippen LogP contribution in [-0.2, 0) is 22.6 Å². The zero-order chi connectivity index (χ0) is 20.5. The number of carbonyl (C=O) groups excluding carboxylic acids is 1. The zero-order valence-corrected chi connectivity index (χ0v) is 20.1. The molecule has 164 valence electrons. The molecule has 0 bridgehead atoms. The Morgan fingerprint density at radius 2 is 1.93 bits per heavy atom. The van der Waals surface area contributed by atoms with E-state index in [-0.39, 0.29) is 35.9 Å². The normalized spacial score (nSPS) is 14.9. The first-order valence-electron chi connectivity index (χ1n) is 10.4. The maximum atomic E-state index is 11.9. The molecule has 1 aliphatic heterocycles. The molecule has 1 aromatic heterocycles. The van der Waals surface area contributed by atoms with Gasteiger partial charge in [0.1, 0.15) is 0 Å². The molecule has 1 aromatic carbocycles. The smallest absolute Gasteiger partial charge is 0.309 e. The molecule has 0 unspecified atom stereocenters. The van der Waals surface area contributed by atoms with Crippen LogP contribution in [0.25, 0.3) is 0 Å². The van der Waals surface area contributed by atoms with Crippen LogP contribution in [0.3, 0.4) is 0 Å². The van der Waals surface area contributed by atoms with E-state index in [0.29, 0.717) is 13.2 Å². The van der Waals surface area contributed by atoms with Gasteiger partial charge >= 0.3 is 5.97 Å². The summed E-state index contributed by atoms with van der Waals surface area (Å²) >= 11 is 0. The van der Waals surface area contributed by atoms with Gasteiger partial charge in [-0.25, -0.2) is 4.99 Å². The first-order chi connectivity index (χ1) is 14.2. The molecular weight excluding hydrogens is 493 g/mol. The summed E-state index contributed by atoms with van der Waals surface area (Å²) < 4.78 is 7.10. The molecule has 0 amide bonds. The van der Waals surface area contributed by atoms with Crippen molar-refractivity contribution in [2.75, 3.05) is 26.2 Å². The van der Waals surface area contributed by atoms with Gasteiger partial charge in [-0.3, -0.25) is 9.48 Å². The monoisotopic (exact) mass is 525 g/mol. The van der Waals surface area contributed by atoms with Crippen molar-refractivity contribution in [2.24, 2.45) is 10.9 Å². The number of halogens is 1. The average Bonchev–Trinajstić information content (AvgIpc) is 3.19. The fraction of sp³-hybridized carbons (Fsp3) is 0.500. The fourth-order valence-electron chi connectivity index (χ4n) is 3.52. The van der Waals surface area contributed by atoms with Gasteiger partial charge in [0.15, 0.2) is 5.96 Å². The second-order valence-electron chi connectivity index (χ2n) is 7.22. The number of benzene rings is 1. The molecule has 1 N–H and O–H groups in total. The summed E-state index contributed by atoms with van der Waals surface area (Å²) in [6.07, 6.45) is 5.53. The van der Waals surface area contributed by atoms with Crippen LogP contribution in [0.4, 0.5) is 0 Å². The number of carbonyl (C=O) groups is 1. The Kier molecular flexibility index (Phi) is 10.1. The molecule has 0 atom stereocenters. The first-order valence-corrected chi connectivity index (χ1v) is 10.4. The van der Waals surface area contributed by atoms with E-state index < -0.39 is 0 Å². The van der Waals surface area contributed by atoms with E-state index >= 15 is 0 Å². The molecule has 8 heteroatoms. The summed E-state index contributed by atoms with van der Waals surface area (Å²) in [7, 11) is 0. The van der Waals surface area contributed by atoms with Gasteiger partial charge in [0.2, 0.25) is 0 Å². The van der Waals surface area contributed by atoms with Crippen LogP contribution in [0, 0.1) is 5.92 Å². The number of esters is 1. The number of ether oxygens (including phenoxy) is 1. The van der Waals surface area contributed by atoms with E-state index in [2.05, 4.69) is 34.4 Å². The van der Waals surface area contributed by atoms with E-state index in [1.54, 1.807) is 0 Å². The second-order valence-corrected chi connectivity index (χ2v) is 7.22. The molecule has 2 heterocycles. The van der Waals surface area contributed by atoms with Crippen LogP contribution in [0.1, 0.15) is 37.8 Å². The highest BCUT2D eigenvalue weighted by atomic mass is 127. The van der Waals surface area contributed by atoms with Gasteiger partial charge in [-0.1, -0.05) is 30.3 Å². The maximum Gasteiger partial charge on any atom is 0.309 e. The SMILES string of the molecule is CCNC(=NCc1cnn(Cc2ccccc2)c1)N1CCC(C(=O)OCC)CC1.I. The van der Waals surface area contributed by atoms with Crippen molar-refractivity contribution in [3.05, 3.63) is 53.9 Å². The number of guanidine groups is 1. The number of nitrogens with zero attached hydrogens (tertiary/aromatic N) is 4. The topological polar surface area (TPSA) is 71.8 Å². The third-order valence-electron chi connectivity index (χ3n) is 5.03. The summed E-state index contributed by atoms with van der Waals surface area (Å²) in [6, 6.07) is 10.3. The van der Waals surface area contributed by atoms with Gasteiger partial charge in [-0.2, -0.15) is 5.10 Å². The third kappa shape index (κ3) is 7.00. The van der Waals surface area contributed by atoms with Crippen LogP contribution in [0.5, 0.6) is 0 Å². The molecule has 1 saturated heterocycles. The van der Waals surface area contributed by atoms with Gasteiger partial charge in [0.05, 0.1) is 31.8 Å². The number of nitrogens with one attached hydrogen (secondary N) is 1. The number of piperidine rings is 1. The number of hydrogen-bond donors (Lipinski definition) is 1. The summed E-state index contributed by atoms with van der Waals surface area (Å²) in [5.41, 5.74) is 2.31. The molecule has 1 aliphatic rings. The van der Waals surface area contributed by atoms with Crippen LogP contribution in [0.2, 0.25) is 0 Å². The lowest BCUT2D eigenvalue weighted by molar-refractivity contribution is -0.149. The van der Waals surface area contributed by atoms with E-state index in [0.717, 1.165) is 50.5 Å². The van der Waals surface area contributed by atoms with Crippen molar-refractivity contribution >= 4 is 35.9 Å². The maximum absolute atomic E-state index is 11.9.